The van der Waals surface area contributed by atoms with Gasteiger partial charge < -0.3 is 9.64 Å². The maximum Gasteiger partial charge on any atom is 0.152 e. The summed E-state index contributed by atoms with van der Waals surface area (Å²) in [7, 11) is -1.38. The van der Waals surface area contributed by atoms with Gasteiger partial charge >= 0.3 is 0 Å². The fourth-order valence-electron chi connectivity index (χ4n) is 3.02. The monoisotopic (exact) mass is 320 g/mol. The lowest BCUT2D eigenvalue weighted by atomic mass is 10.1. The van der Waals surface area contributed by atoms with Crippen LogP contribution in [0.15, 0.2) is 30.5 Å². The van der Waals surface area contributed by atoms with Crippen molar-refractivity contribution in [2.24, 2.45) is 0 Å². The number of piperidine rings is 1. The summed E-state index contributed by atoms with van der Waals surface area (Å²) in [4.78, 5) is 6.53. The van der Waals surface area contributed by atoms with Crippen LogP contribution in [0.2, 0.25) is 0 Å². The molecule has 118 valence electrons. The number of nitrogens with zero attached hydrogens (tertiary/aromatic N) is 2. The smallest absolute Gasteiger partial charge is 0.152 e. The van der Waals surface area contributed by atoms with Gasteiger partial charge in [0, 0.05) is 36.6 Å². The van der Waals surface area contributed by atoms with Crippen molar-refractivity contribution in [3.05, 3.63) is 30.5 Å². The minimum absolute atomic E-state index is 0.296. The molecule has 0 saturated carbocycles. The van der Waals surface area contributed by atoms with Crippen molar-refractivity contribution in [3.8, 4) is 5.75 Å². The SMILES string of the molecule is COc1ccc2nccc(N3CCCC(S(C)(=O)=O)C3)c2c1. The van der Waals surface area contributed by atoms with E-state index in [4.69, 9.17) is 4.74 Å². The average molecular weight is 320 g/mol. The highest BCUT2D eigenvalue weighted by atomic mass is 32.2. The molecule has 1 aliphatic heterocycles. The second kappa shape index (κ2) is 5.76. The molecule has 0 bridgehead atoms. The Morgan fingerprint density at radius 1 is 1.32 bits per heavy atom. The molecule has 0 N–H and O–H groups in total. The number of pyridine rings is 1. The number of aromatic nitrogens is 1. The van der Waals surface area contributed by atoms with Gasteiger partial charge in [-0.25, -0.2) is 8.42 Å². The van der Waals surface area contributed by atoms with Gasteiger partial charge in [-0.1, -0.05) is 0 Å². The molecule has 1 aromatic carbocycles. The highest BCUT2D eigenvalue weighted by molar-refractivity contribution is 7.91. The van der Waals surface area contributed by atoms with E-state index in [1.165, 1.54) is 6.26 Å². The van der Waals surface area contributed by atoms with E-state index in [0.29, 0.717) is 6.54 Å². The van der Waals surface area contributed by atoms with E-state index < -0.39 is 9.84 Å². The minimum Gasteiger partial charge on any atom is -0.497 e. The van der Waals surface area contributed by atoms with Gasteiger partial charge in [0.25, 0.3) is 0 Å². The highest BCUT2D eigenvalue weighted by Crippen LogP contribution is 2.31. The van der Waals surface area contributed by atoms with Crippen LogP contribution in [0.1, 0.15) is 12.8 Å². The number of hydrogen-bond acceptors (Lipinski definition) is 5. The summed E-state index contributed by atoms with van der Waals surface area (Å²) in [5.74, 6) is 0.776. The number of anilines is 1. The summed E-state index contributed by atoms with van der Waals surface area (Å²) in [6.07, 6.45) is 4.72. The van der Waals surface area contributed by atoms with Gasteiger partial charge in [-0.15, -0.1) is 0 Å². The molecule has 3 rings (SSSR count). The van der Waals surface area contributed by atoms with Crippen molar-refractivity contribution in [3.63, 3.8) is 0 Å². The van der Waals surface area contributed by atoms with Crippen LogP contribution in [0.25, 0.3) is 10.9 Å². The summed E-state index contributed by atoms with van der Waals surface area (Å²) in [6, 6.07) is 7.72. The fraction of sp³-hybridized carbons (Fsp3) is 0.438. The average Bonchev–Trinajstić information content (AvgIpc) is 2.53. The molecule has 1 fully saturated rings. The first-order valence-corrected chi connectivity index (χ1v) is 9.31. The third-order valence-corrected chi connectivity index (χ3v) is 5.85. The molecule has 1 saturated heterocycles. The van der Waals surface area contributed by atoms with E-state index in [1.54, 1.807) is 13.3 Å². The molecule has 1 aliphatic rings. The molecule has 1 unspecified atom stereocenters. The Hall–Kier alpha value is -1.82. The molecular weight excluding hydrogens is 300 g/mol. The normalized spacial score (nSPS) is 19.4. The maximum absolute atomic E-state index is 11.9. The van der Waals surface area contributed by atoms with Crippen LogP contribution in [0, 0.1) is 0 Å². The molecule has 1 atom stereocenters. The zero-order chi connectivity index (χ0) is 15.7. The van der Waals surface area contributed by atoms with E-state index in [0.717, 1.165) is 41.7 Å². The summed E-state index contributed by atoms with van der Waals surface area (Å²) >= 11 is 0. The molecule has 0 spiro atoms. The first kappa shape index (κ1) is 15.1. The summed E-state index contributed by atoms with van der Waals surface area (Å²) < 4.78 is 29.0. The number of hydrogen-bond donors (Lipinski definition) is 0. The number of benzene rings is 1. The lowest BCUT2D eigenvalue weighted by molar-refractivity contribution is 0.415. The standard InChI is InChI=1S/C16H20N2O3S/c1-21-12-5-6-15-14(10-12)16(7-8-17-15)18-9-3-4-13(11-18)22(2,19)20/h5-8,10,13H,3-4,9,11H2,1-2H3. The Morgan fingerprint density at radius 3 is 2.86 bits per heavy atom. The van der Waals surface area contributed by atoms with Crippen LogP contribution < -0.4 is 9.64 Å². The lowest BCUT2D eigenvalue weighted by Gasteiger charge is -2.34. The van der Waals surface area contributed by atoms with Crippen molar-refractivity contribution in [2.45, 2.75) is 18.1 Å². The van der Waals surface area contributed by atoms with Gasteiger partial charge in [-0.3, -0.25) is 4.98 Å². The second-order valence-electron chi connectivity index (χ2n) is 5.75. The Kier molecular flexibility index (Phi) is 3.95. The molecular formula is C16H20N2O3S. The summed E-state index contributed by atoms with van der Waals surface area (Å²) in [6.45, 7) is 1.40. The number of sulfone groups is 1. The van der Waals surface area contributed by atoms with Crippen LogP contribution in [0.3, 0.4) is 0 Å². The van der Waals surface area contributed by atoms with E-state index in [2.05, 4.69) is 9.88 Å². The third kappa shape index (κ3) is 2.88. The van der Waals surface area contributed by atoms with Gasteiger partial charge in [0.2, 0.25) is 0 Å². The number of methoxy groups -OCH3 is 1. The molecule has 2 aromatic rings. The van der Waals surface area contributed by atoms with Crippen molar-refractivity contribution in [1.29, 1.82) is 0 Å². The van der Waals surface area contributed by atoms with E-state index in [-0.39, 0.29) is 5.25 Å². The van der Waals surface area contributed by atoms with Gasteiger partial charge in [0.1, 0.15) is 5.75 Å². The molecule has 22 heavy (non-hydrogen) atoms. The molecule has 5 nitrogen and oxygen atoms in total. The predicted octanol–water partition coefficient (Wildman–Crippen LogP) is 2.26. The predicted molar refractivity (Wildman–Crippen MR) is 88.4 cm³/mol. The maximum atomic E-state index is 11.9. The van der Waals surface area contributed by atoms with Crippen LogP contribution in [-0.2, 0) is 9.84 Å². The molecule has 6 heteroatoms. The molecule has 0 aliphatic carbocycles. The van der Waals surface area contributed by atoms with Crippen LogP contribution >= 0.6 is 0 Å². The first-order chi connectivity index (χ1) is 10.5. The Balaban J connectivity index is 2.02. The summed E-state index contributed by atoms with van der Waals surface area (Å²) in [5.41, 5.74) is 1.91. The third-order valence-electron chi connectivity index (χ3n) is 4.25. The van der Waals surface area contributed by atoms with E-state index >= 15 is 0 Å². The first-order valence-electron chi connectivity index (χ1n) is 7.35. The van der Waals surface area contributed by atoms with Gasteiger partial charge in [0.15, 0.2) is 9.84 Å². The quantitative estimate of drug-likeness (QED) is 0.868. The van der Waals surface area contributed by atoms with Gasteiger partial charge in [0.05, 0.1) is 17.9 Å². The molecule has 0 radical (unpaired) electrons. The van der Waals surface area contributed by atoms with Crippen molar-refractivity contribution >= 4 is 26.4 Å². The topological polar surface area (TPSA) is 59.5 Å². The molecule has 0 amide bonds. The fourth-order valence-corrected chi connectivity index (χ4v) is 4.07. The molecule has 1 aromatic heterocycles. The van der Waals surface area contributed by atoms with Gasteiger partial charge in [-0.2, -0.15) is 0 Å². The zero-order valence-electron chi connectivity index (χ0n) is 12.8. The summed E-state index contributed by atoms with van der Waals surface area (Å²) in [5, 5.41) is 0.700. The minimum atomic E-state index is -3.01. The van der Waals surface area contributed by atoms with Gasteiger partial charge in [-0.05, 0) is 37.1 Å². The Morgan fingerprint density at radius 2 is 2.14 bits per heavy atom. The largest absolute Gasteiger partial charge is 0.497 e. The van der Waals surface area contributed by atoms with E-state index in [1.807, 2.05) is 24.3 Å². The highest BCUT2D eigenvalue weighted by Gasteiger charge is 2.28. The number of ether oxygens (including phenoxy) is 1. The van der Waals surface area contributed by atoms with Crippen LogP contribution in [0.5, 0.6) is 5.75 Å². The number of fused-ring (bicyclic) bond motifs is 1. The van der Waals surface area contributed by atoms with Crippen molar-refractivity contribution in [1.82, 2.24) is 4.98 Å². The van der Waals surface area contributed by atoms with Crippen molar-refractivity contribution in [2.75, 3.05) is 31.4 Å². The van der Waals surface area contributed by atoms with Crippen molar-refractivity contribution < 1.29 is 13.2 Å². The second-order valence-corrected chi connectivity index (χ2v) is 8.08. The number of rotatable bonds is 3. The lowest BCUT2D eigenvalue weighted by Crippen LogP contribution is -2.42. The molecule has 2 heterocycles. The van der Waals surface area contributed by atoms with Crippen LogP contribution in [0.4, 0.5) is 5.69 Å². The Bertz CT molecular complexity index is 789. The van der Waals surface area contributed by atoms with E-state index in [9.17, 15) is 8.42 Å². The zero-order valence-corrected chi connectivity index (χ0v) is 13.6. The Labute approximate surface area is 130 Å². The van der Waals surface area contributed by atoms with Crippen LogP contribution in [-0.4, -0.2) is 45.1 Å².